The second-order valence-electron chi connectivity index (χ2n) is 7.10. The van der Waals surface area contributed by atoms with Crippen molar-refractivity contribution < 1.29 is 14.4 Å². The normalized spacial score (nSPS) is 20.1. The van der Waals surface area contributed by atoms with Crippen molar-refractivity contribution in [2.24, 2.45) is 11.8 Å². The van der Waals surface area contributed by atoms with Crippen LogP contribution < -0.4 is 10.6 Å². The largest absolute Gasteiger partial charge is 0.342 e. The van der Waals surface area contributed by atoms with E-state index in [-0.39, 0.29) is 29.6 Å². The number of rotatable bonds is 4. The minimum absolute atomic E-state index is 0.0640. The van der Waals surface area contributed by atoms with Crippen molar-refractivity contribution in [1.82, 2.24) is 4.90 Å². The average Bonchev–Trinajstić information content (AvgIpc) is 3.42. The number of hydrogen-bond acceptors (Lipinski definition) is 3. The molecule has 0 aromatic heterocycles. The minimum atomic E-state index is -0.179. The summed E-state index contributed by atoms with van der Waals surface area (Å²) in [6.45, 7) is 4.62. The third-order valence-electron chi connectivity index (χ3n) is 4.85. The minimum Gasteiger partial charge on any atom is -0.342 e. The molecule has 1 aliphatic heterocycles. The summed E-state index contributed by atoms with van der Waals surface area (Å²) in [7, 11) is 0. The van der Waals surface area contributed by atoms with Crippen LogP contribution in [0, 0.1) is 18.8 Å². The van der Waals surface area contributed by atoms with Gasteiger partial charge in [-0.05, 0) is 50.3 Å². The van der Waals surface area contributed by atoms with Gasteiger partial charge in [0, 0.05) is 37.3 Å². The van der Waals surface area contributed by atoms with Gasteiger partial charge in [0.05, 0.1) is 5.92 Å². The fraction of sp³-hybridized carbons (Fsp3) is 0.526. The summed E-state index contributed by atoms with van der Waals surface area (Å²) in [6.07, 6.45) is 3.63. The zero-order valence-corrected chi connectivity index (χ0v) is 14.8. The molecule has 1 atom stereocenters. The topological polar surface area (TPSA) is 78.5 Å². The molecule has 1 saturated carbocycles. The Labute approximate surface area is 148 Å². The molecule has 1 aromatic rings. The fourth-order valence-corrected chi connectivity index (χ4v) is 3.25. The van der Waals surface area contributed by atoms with Crippen LogP contribution in [0.1, 0.15) is 38.2 Å². The lowest BCUT2D eigenvalue weighted by atomic mass is 9.96. The van der Waals surface area contributed by atoms with Gasteiger partial charge in [0.2, 0.25) is 17.7 Å². The summed E-state index contributed by atoms with van der Waals surface area (Å²) in [4.78, 5) is 37.9. The van der Waals surface area contributed by atoms with Gasteiger partial charge in [-0.15, -0.1) is 0 Å². The Morgan fingerprint density at radius 3 is 2.52 bits per heavy atom. The Morgan fingerprint density at radius 1 is 1.08 bits per heavy atom. The summed E-state index contributed by atoms with van der Waals surface area (Å²) >= 11 is 0. The van der Waals surface area contributed by atoms with Crippen LogP contribution in [0.4, 0.5) is 11.4 Å². The summed E-state index contributed by atoms with van der Waals surface area (Å²) in [5.41, 5.74) is 2.29. The first-order chi connectivity index (χ1) is 11.9. The number of piperidine rings is 1. The van der Waals surface area contributed by atoms with E-state index in [1.807, 2.05) is 24.0 Å². The van der Waals surface area contributed by atoms with Crippen molar-refractivity contribution in [3.63, 3.8) is 0 Å². The van der Waals surface area contributed by atoms with E-state index in [4.69, 9.17) is 0 Å². The van der Waals surface area contributed by atoms with Gasteiger partial charge in [-0.3, -0.25) is 14.4 Å². The highest BCUT2D eigenvalue weighted by molar-refractivity contribution is 5.95. The first-order valence-corrected chi connectivity index (χ1v) is 8.92. The van der Waals surface area contributed by atoms with Crippen LogP contribution in [0.15, 0.2) is 18.2 Å². The van der Waals surface area contributed by atoms with E-state index in [1.54, 1.807) is 6.07 Å². The molecular weight excluding hydrogens is 318 g/mol. The number of carbonyl (C=O) groups is 3. The highest BCUT2D eigenvalue weighted by Crippen LogP contribution is 2.32. The molecule has 1 aliphatic carbocycles. The molecule has 0 radical (unpaired) electrons. The summed E-state index contributed by atoms with van der Waals surface area (Å²) < 4.78 is 0. The summed E-state index contributed by atoms with van der Waals surface area (Å²) in [5.74, 6) is 0.0147. The number of nitrogens with one attached hydrogen (secondary N) is 2. The molecule has 0 unspecified atom stereocenters. The molecule has 3 rings (SSSR count). The third kappa shape index (κ3) is 4.38. The molecule has 6 heteroatoms. The Morgan fingerprint density at radius 2 is 1.84 bits per heavy atom. The Balaban J connectivity index is 1.63. The monoisotopic (exact) mass is 343 g/mol. The number of hydrogen-bond donors (Lipinski definition) is 2. The van der Waals surface area contributed by atoms with Crippen LogP contribution in [0.5, 0.6) is 0 Å². The van der Waals surface area contributed by atoms with E-state index in [9.17, 15) is 14.4 Å². The number of benzene rings is 1. The highest BCUT2D eigenvalue weighted by atomic mass is 16.2. The molecule has 6 nitrogen and oxygen atoms in total. The Bertz CT molecular complexity index is 697. The molecule has 134 valence electrons. The predicted octanol–water partition coefficient (Wildman–Crippen LogP) is 2.54. The maximum absolute atomic E-state index is 12.6. The Hall–Kier alpha value is -2.37. The molecule has 2 N–H and O–H groups in total. The van der Waals surface area contributed by atoms with Gasteiger partial charge >= 0.3 is 0 Å². The van der Waals surface area contributed by atoms with Crippen molar-refractivity contribution >= 4 is 29.1 Å². The lowest BCUT2D eigenvalue weighted by Gasteiger charge is -2.32. The average molecular weight is 343 g/mol. The molecule has 0 spiro atoms. The van der Waals surface area contributed by atoms with Crippen molar-refractivity contribution in [2.45, 2.75) is 39.5 Å². The molecule has 2 fully saturated rings. The number of aryl methyl sites for hydroxylation is 1. The second kappa shape index (κ2) is 7.25. The maximum Gasteiger partial charge on any atom is 0.229 e. The zero-order valence-electron chi connectivity index (χ0n) is 14.8. The van der Waals surface area contributed by atoms with E-state index in [1.165, 1.54) is 6.92 Å². The van der Waals surface area contributed by atoms with Crippen LogP contribution in [-0.2, 0) is 14.4 Å². The van der Waals surface area contributed by atoms with Crippen molar-refractivity contribution in [1.29, 1.82) is 0 Å². The quantitative estimate of drug-likeness (QED) is 0.882. The number of likely N-dealkylation sites (tertiary alicyclic amines) is 1. The molecule has 25 heavy (non-hydrogen) atoms. The molecular formula is C19H25N3O3. The number of anilines is 2. The van der Waals surface area contributed by atoms with Gasteiger partial charge in [-0.1, -0.05) is 6.07 Å². The third-order valence-corrected chi connectivity index (χ3v) is 4.85. The van der Waals surface area contributed by atoms with E-state index in [0.29, 0.717) is 17.9 Å². The van der Waals surface area contributed by atoms with Crippen molar-refractivity contribution in [3.05, 3.63) is 23.8 Å². The van der Waals surface area contributed by atoms with E-state index >= 15 is 0 Å². The molecule has 0 bridgehead atoms. The highest BCUT2D eigenvalue weighted by Gasteiger charge is 2.36. The van der Waals surface area contributed by atoms with Gasteiger partial charge in [-0.25, -0.2) is 0 Å². The fourth-order valence-electron chi connectivity index (χ4n) is 3.25. The van der Waals surface area contributed by atoms with Crippen LogP contribution in [0.3, 0.4) is 0 Å². The van der Waals surface area contributed by atoms with Crippen molar-refractivity contribution in [2.75, 3.05) is 23.7 Å². The standard InChI is InChI=1S/C19H25N3O3/c1-12-5-8-16(10-17(12)20-13(2)23)21-18(24)15-4-3-9-22(11-15)19(25)14-6-7-14/h5,8,10,14-15H,3-4,6-7,9,11H2,1-2H3,(H,20,23)(H,21,24)/t15-/m0/s1. The molecule has 1 heterocycles. The van der Waals surface area contributed by atoms with Gasteiger partial charge in [-0.2, -0.15) is 0 Å². The van der Waals surface area contributed by atoms with Gasteiger partial charge in [0.25, 0.3) is 0 Å². The van der Waals surface area contributed by atoms with Gasteiger partial charge < -0.3 is 15.5 Å². The van der Waals surface area contributed by atoms with E-state index in [0.717, 1.165) is 37.8 Å². The lowest BCUT2D eigenvalue weighted by Crippen LogP contribution is -2.44. The predicted molar refractivity (Wildman–Crippen MR) is 96.1 cm³/mol. The molecule has 2 aliphatic rings. The van der Waals surface area contributed by atoms with Crippen LogP contribution >= 0.6 is 0 Å². The number of amides is 3. The van der Waals surface area contributed by atoms with E-state index < -0.39 is 0 Å². The first kappa shape index (κ1) is 17.5. The van der Waals surface area contributed by atoms with Crippen molar-refractivity contribution in [3.8, 4) is 0 Å². The molecule has 1 saturated heterocycles. The van der Waals surface area contributed by atoms with Crippen LogP contribution in [0.25, 0.3) is 0 Å². The van der Waals surface area contributed by atoms with Gasteiger partial charge in [0.15, 0.2) is 0 Å². The zero-order chi connectivity index (χ0) is 18.0. The lowest BCUT2D eigenvalue weighted by molar-refractivity contribution is -0.135. The second-order valence-corrected chi connectivity index (χ2v) is 7.10. The Kier molecular flexibility index (Phi) is 5.06. The van der Waals surface area contributed by atoms with Crippen LogP contribution in [-0.4, -0.2) is 35.7 Å². The molecule has 3 amide bonds. The SMILES string of the molecule is CC(=O)Nc1cc(NC(=O)[C@H]2CCCN(C(=O)C3CC3)C2)ccc1C. The number of nitrogens with zero attached hydrogens (tertiary/aromatic N) is 1. The van der Waals surface area contributed by atoms with Gasteiger partial charge in [0.1, 0.15) is 0 Å². The van der Waals surface area contributed by atoms with Crippen LogP contribution in [0.2, 0.25) is 0 Å². The van der Waals surface area contributed by atoms with E-state index in [2.05, 4.69) is 10.6 Å². The summed E-state index contributed by atoms with van der Waals surface area (Å²) in [5, 5.41) is 5.69. The number of carbonyl (C=O) groups excluding carboxylic acids is 3. The smallest absolute Gasteiger partial charge is 0.229 e. The summed E-state index contributed by atoms with van der Waals surface area (Å²) in [6, 6.07) is 5.46. The molecule has 1 aromatic carbocycles. The maximum atomic E-state index is 12.6. The first-order valence-electron chi connectivity index (χ1n) is 8.92.